The Balaban J connectivity index is 2.39. The third kappa shape index (κ3) is 1.67. The van der Waals surface area contributed by atoms with E-state index in [4.69, 9.17) is 11.5 Å². The lowest BCUT2D eigenvalue weighted by Crippen LogP contribution is -1.93. The van der Waals surface area contributed by atoms with Crippen LogP contribution in [0.3, 0.4) is 0 Å². The van der Waals surface area contributed by atoms with Crippen molar-refractivity contribution >= 4 is 44.0 Å². The molecule has 92 valence electrons. The van der Waals surface area contributed by atoms with E-state index in [2.05, 4.69) is 16.9 Å². The highest BCUT2D eigenvalue weighted by Crippen LogP contribution is 2.33. The minimum absolute atomic E-state index is 0.501. The highest BCUT2D eigenvalue weighted by atomic mass is 32.1. The van der Waals surface area contributed by atoms with Crippen molar-refractivity contribution in [3.63, 3.8) is 0 Å². The van der Waals surface area contributed by atoms with Crippen LogP contribution < -0.4 is 11.5 Å². The standard InChI is InChI=1S/C13H14N4S/c1-2-3-10-17-11-12(18-10)8-6-7(14)4-5-9(8)16-13(11)15/h4-6H,2-3,14H2,1H3,(H2,15,16). The molecular weight excluding hydrogens is 244 g/mol. The maximum atomic E-state index is 5.97. The van der Waals surface area contributed by atoms with Crippen LogP contribution in [0.5, 0.6) is 0 Å². The van der Waals surface area contributed by atoms with Crippen molar-refractivity contribution in [3.05, 3.63) is 23.2 Å². The number of nitrogens with two attached hydrogens (primary N) is 2. The molecule has 0 saturated heterocycles. The lowest BCUT2D eigenvalue weighted by molar-refractivity contribution is 0.913. The molecule has 0 aliphatic carbocycles. The zero-order valence-electron chi connectivity index (χ0n) is 10.1. The Kier molecular flexibility index (Phi) is 2.56. The number of thiazole rings is 1. The molecule has 18 heavy (non-hydrogen) atoms. The van der Waals surface area contributed by atoms with Crippen molar-refractivity contribution in [2.75, 3.05) is 11.5 Å². The van der Waals surface area contributed by atoms with E-state index >= 15 is 0 Å². The van der Waals surface area contributed by atoms with Gasteiger partial charge in [-0.15, -0.1) is 11.3 Å². The first-order valence-electron chi connectivity index (χ1n) is 5.93. The summed E-state index contributed by atoms with van der Waals surface area (Å²) in [5.74, 6) is 0.501. The molecule has 0 atom stereocenters. The maximum absolute atomic E-state index is 5.97. The third-order valence-corrected chi connectivity index (χ3v) is 4.03. The van der Waals surface area contributed by atoms with Gasteiger partial charge in [0.15, 0.2) is 5.82 Å². The third-order valence-electron chi connectivity index (χ3n) is 2.88. The molecule has 5 heteroatoms. The summed E-state index contributed by atoms with van der Waals surface area (Å²) >= 11 is 1.69. The van der Waals surface area contributed by atoms with Crippen LogP contribution in [0.1, 0.15) is 18.4 Å². The molecule has 1 aromatic carbocycles. The Labute approximate surface area is 109 Å². The second-order valence-electron chi connectivity index (χ2n) is 4.31. The maximum Gasteiger partial charge on any atom is 0.151 e. The van der Waals surface area contributed by atoms with E-state index in [1.165, 1.54) is 0 Å². The Morgan fingerprint density at radius 3 is 2.83 bits per heavy atom. The fourth-order valence-electron chi connectivity index (χ4n) is 2.06. The number of hydrogen-bond donors (Lipinski definition) is 2. The normalized spacial score (nSPS) is 11.4. The van der Waals surface area contributed by atoms with Gasteiger partial charge in [-0.25, -0.2) is 9.97 Å². The van der Waals surface area contributed by atoms with E-state index in [0.717, 1.165) is 44.7 Å². The Hall–Kier alpha value is -1.88. The van der Waals surface area contributed by atoms with Crippen molar-refractivity contribution in [1.29, 1.82) is 0 Å². The van der Waals surface area contributed by atoms with Gasteiger partial charge in [-0.05, 0) is 31.0 Å². The van der Waals surface area contributed by atoms with Crippen LogP contribution in [-0.2, 0) is 6.42 Å². The van der Waals surface area contributed by atoms with Gasteiger partial charge in [0.2, 0.25) is 0 Å². The summed E-state index contributed by atoms with van der Waals surface area (Å²) in [5.41, 5.74) is 14.2. The van der Waals surface area contributed by atoms with E-state index < -0.39 is 0 Å². The molecule has 3 aromatic rings. The van der Waals surface area contributed by atoms with Crippen LogP contribution in [0.25, 0.3) is 21.1 Å². The number of benzene rings is 1. The van der Waals surface area contributed by atoms with E-state index in [1.807, 2.05) is 18.2 Å². The van der Waals surface area contributed by atoms with Crippen molar-refractivity contribution in [2.24, 2.45) is 0 Å². The van der Waals surface area contributed by atoms with Gasteiger partial charge in [-0.2, -0.15) is 0 Å². The number of anilines is 2. The number of nitrogen functional groups attached to an aromatic ring is 2. The van der Waals surface area contributed by atoms with Crippen molar-refractivity contribution < 1.29 is 0 Å². The lowest BCUT2D eigenvalue weighted by atomic mass is 10.2. The molecule has 3 rings (SSSR count). The smallest absolute Gasteiger partial charge is 0.151 e. The van der Waals surface area contributed by atoms with Gasteiger partial charge in [0.1, 0.15) is 5.52 Å². The van der Waals surface area contributed by atoms with Crippen molar-refractivity contribution in [2.45, 2.75) is 19.8 Å². The number of aryl methyl sites for hydroxylation is 1. The molecule has 4 N–H and O–H groups in total. The topological polar surface area (TPSA) is 77.8 Å². The summed E-state index contributed by atoms with van der Waals surface area (Å²) in [6, 6.07) is 5.69. The van der Waals surface area contributed by atoms with Gasteiger partial charge in [-0.3, -0.25) is 0 Å². The number of fused-ring (bicyclic) bond motifs is 3. The molecule has 0 saturated carbocycles. The molecule has 0 spiro atoms. The quantitative estimate of drug-likeness (QED) is 0.693. The number of nitrogens with zero attached hydrogens (tertiary/aromatic N) is 2. The van der Waals surface area contributed by atoms with Crippen LogP contribution in [0.4, 0.5) is 11.5 Å². The Morgan fingerprint density at radius 2 is 2.06 bits per heavy atom. The molecule has 0 unspecified atom stereocenters. The fraction of sp³-hybridized carbons (Fsp3) is 0.231. The summed E-state index contributed by atoms with van der Waals surface area (Å²) in [6.07, 6.45) is 2.05. The van der Waals surface area contributed by atoms with Crippen molar-refractivity contribution in [1.82, 2.24) is 9.97 Å². The predicted octanol–water partition coefficient (Wildman–Crippen LogP) is 2.96. The summed E-state index contributed by atoms with van der Waals surface area (Å²) in [5, 5.41) is 2.15. The fourth-order valence-corrected chi connectivity index (χ4v) is 3.26. The molecule has 0 aliphatic heterocycles. The van der Waals surface area contributed by atoms with Crippen LogP contribution >= 0.6 is 11.3 Å². The molecule has 0 radical (unpaired) electrons. The minimum Gasteiger partial charge on any atom is -0.399 e. The van der Waals surface area contributed by atoms with E-state index in [0.29, 0.717) is 5.82 Å². The van der Waals surface area contributed by atoms with Crippen LogP contribution in [0.2, 0.25) is 0 Å². The zero-order valence-corrected chi connectivity index (χ0v) is 10.9. The van der Waals surface area contributed by atoms with Gasteiger partial charge in [0.25, 0.3) is 0 Å². The highest BCUT2D eigenvalue weighted by Gasteiger charge is 2.12. The second-order valence-corrected chi connectivity index (χ2v) is 5.39. The molecule has 4 nitrogen and oxygen atoms in total. The molecule has 0 fully saturated rings. The average molecular weight is 258 g/mol. The lowest BCUT2D eigenvalue weighted by Gasteiger charge is -2.01. The molecular formula is C13H14N4S. The average Bonchev–Trinajstić information content (AvgIpc) is 2.76. The van der Waals surface area contributed by atoms with Crippen LogP contribution in [0.15, 0.2) is 18.2 Å². The van der Waals surface area contributed by atoms with Gasteiger partial charge < -0.3 is 11.5 Å². The number of aromatic nitrogens is 2. The largest absolute Gasteiger partial charge is 0.399 e. The minimum atomic E-state index is 0.501. The van der Waals surface area contributed by atoms with Crippen LogP contribution in [-0.4, -0.2) is 9.97 Å². The van der Waals surface area contributed by atoms with Gasteiger partial charge in [0.05, 0.1) is 15.2 Å². The Bertz CT molecular complexity index is 733. The molecule has 2 heterocycles. The van der Waals surface area contributed by atoms with Crippen LogP contribution in [0, 0.1) is 0 Å². The van der Waals surface area contributed by atoms with E-state index in [1.54, 1.807) is 11.3 Å². The van der Waals surface area contributed by atoms with E-state index in [9.17, 15) is 0 Å². The summed E-state index contributed by atoms with van der Waals surface area (Å²) in [6.45, 7) is 2.14. The SMILES string of the molecule is CCCc1nc2c(N)nc3ccc(N)cc3c2s1. The first kappa shape index (κ1) is 11.2. The predicted molar refractivity (Wildman–Crippen MR) is 77.7 cm³/mol. The zero-order chi connectivity index (χ0) is 12.7. The molecule has 2 aromatic heterocycles. The highest BCUT2D eigenvalue weighted by molar-refractivity contribution is 7.19. The molecule has 0 aliphatic rings. The van der Waals surface area contributed by atoms with E-state index in [-0.39, 0.29) is 0 Å². The Morgan fingerprint density at radius 1 is 1.22 bits per heavy atom. The summed E-state index contributed by atoms with van der Waals surface area (Å²) in [7, 11) is 0. The first-order chi connectivity index (χ1) is 8.69. The molecule has 0 amide bonds. The number of hydrogen-bond acceptors (Lipinski definition) is 5. The monoisotopic (exact) mass is 258 g/mol. The summed E-state index contributed by atoms with van der Waals surface area (Å²) < 4.78 is 1.09. The summed E-state index contributed by atoms with van der Waals surface area (Å²) in [4.78, 5) is 8.96. The van der Waals surface area contributed by atoms with Gasteiger partial charge in [0, 0.05) is 11.1 Å². The van der Waals surface area contributed by atoms with Gasteiger partial charge in [-0.1, -0.05) is 6.92 Å². The first-order valence-corrected chi connectivity index (χ1v) is 6.75. The number of rotatable bonds is 2. The molecule has 0 bridgehead atoms. The van der Waals surface area contributed by atoms with Gasteiger partial charge >= 0.3 is 0 Å². The van der Waals surface area contributed by atoms with Crippen molar-refractivity contribution in [3.8, 4) is 0 Å². The number of pyridine rings is 1. The second kappa shape index (κ2) is 4.10.